The summed E-state index contributed by atoms with van der Waals surface area (Å²) in [7, 11) is 0. The molecule has 21 heavy (non-hydrogen) atoms. The fraction of sp³-hybridized carbons (Fsp3) is 0.733. The Bertz CT molecular complexity index is 438. The predicted octanol–water partition coefficient (Wildman–Crippen LogP) is 1.49. The predicted molar refractivity (Wildman–Crippen MR) is 84.0 cm³/mol. The van der Waals surface area contributed by atoms with Crippen LogP contribution in [-0.2, 0) is 14.3 Å². The van der Waals surface area contributed by atoms with E-state index >= 15 is 0 Å². The van der Waals surface area contributed by atoms with Crippen LogP contribution in [0.5, 0.6) is 0 Å². The van der Waals surface area contributed by atoms with Crippen LogP contribution in [0.15, 0.2) is 11.6 Å². The quantitative estimate of drug-likeness (QED) is 0.725. The second kappa shape index (κ2) is 6.83. The van der Waals surface area contributed by atoms with Crippen molar-refractivity contribution in [1.82, 2.24) is 9.80 Å². The van der Waals surface area contributed by atoms with E-state index in [9.17, 15) is 9.59 Å². The summed E-state index contributed by atoms with van der Waals surface area (Å²) in [5.74, 6) is 1.26. The fourth-order valence-corrected chi connectivity index (χ4v) is 3.92. The van der Waals surface area contributed by atoms with E-state index in [-0.39, 0.29) is 30.1 Å². The number of carbonyl (C=O) groups excluding carboxylic acids is 2. The lowest BCUT2D eigenvalue weighted by molar-refractivity contribution is -0.150. The van der Waals surface area contributed by atoms with Crippen molar-refractivity contribution < 1.29 is 14.3 Å². The first-order valence-corrected chi connectivity index (χ1v) is 8.51. The van der Waals surface area contributed by atoms with Crippen molar-refractivity contribution in [2.75, 3.05) is 24.7 Å². The molecule has 0 aromatic carbocycles. The van der Waals surface area contributed by atoms with Crippen molar-refractivity contribution in [3.63, 3.8) is 0 Å². The highest BCUT2D eigenvalue weighted by atomic mass is 32.2. The smallest absolute Gasteiger partial charge is 0.247 e. The van der Waals surface area contributed by atoms with Crippen molar-refractivity contribution in [2.24, 2.45) is 0 Å². The molecule has 0 radical (unpaired) electrons. The number of hydrogen-bond donors (Lipinski definition) is 0. The summed E-state index contributed by atoms with van der Waals surface area (Å²) in [5.41, 5.74) is 0.955. The molecule has 0 aromatic rings. The second-order valence-electron chi connectivity index (χ2n) is 6.05. The van der Waals surface area contributed by atoms with E-state index in [0.717, 1.165) is 5.57 Å². The lowest BCUT2D eigenvalue weighted by Gasteiger charge is -2.37. The first-order chi connectivity index (χ1) is 9.88. The van der Waals surface area contributed by atoms with E-state index < -0.39 is 0 Å². The number of rotatable bonds is 2. The summed E-state index contributed by atoms with van der Waals surface area (Å²) < 4.78 is 5.67. The zero-order chi connectivity index (χ0) is 15.6. The van der Waals surface area contributed by atoms with Crippen molar-refractivity contribution >= 4 is 23.6 Å². The number of amides is 2. The third kappa shape index (κ3) is 4.01. The first kappa shape index (κ1) is 16.4. The summed E-state index contributed by atoms with van der Waals surface area (Å²) in [6, 6.07) is -0.337. The van der Waals surface area contributed by atoms with Gasteiger partial charge in [-0.3, -0.25) is 9.59 Å². The minimum Gasteiger partial charge on any atom is -0.372 e. The van der Waals surface area contributed by atoms with Crippen LogP contribution in [0.25, 0.3) is 0 Å². The number of nitrogens with zero attached hydrogens (tertiary/aromatic N) is 2. The summed E-state index contributed by atoms with van der Waals surface area (Å²) in [6.07, 6.45) is 1.71. The maximum atomic E-state index is 12.7. The maximum Gasteiger partial charge on any atom is 0.247 e. The highest BCUT2D eigenvalue weighted by Crippen LogP contribution is 2.24. The molecule has 0 spiro atoms. The van der Waals surface area contributed by atoms with E-state index in [1.54, 1.807) is 22.7 Å². The number of ether oxygens (including phenoxy) is 1. The molecular formula is C15H24N2O3S. The number of hydrogen-bond acceptors (Lipinski definition) is 4. The fourth-order valence-electron chi connectivity index (χ4n) is 2.76. The standard InChI is InChI=1S/C15H24N2O3S/c1-10(2)5-14(18)17-9-21-8-13(17)15(19)16-6-11(3)20-12(4)7-16/h5,11-13H,6-9H2,1-4H3. The highest BCUT2D eigenvalue weighted by Gasteiger charge is 2.38. The topological polar surface area (TPSA) is 49.9 Å². The zero-order valence-corrected chi connectivity index (χ0v) is 14.0. The number of allylic oxidation sites excluding steroid dienone is 1. The molecule has 118 valence electrons. The third-order valence-electron chi connectivity index (χ3n) is 3.59. The Morgan fingerprint density at radius 2 is 1.81 bits per heavy atom. The Morgan fingerprint density at radius 1 is 1.19 bits per heavy atom. The van der Waals surface area contributed by atoms with Gasteiger partial charge in [0.2, 0.25) is 11.8 Å². The van der Waals surface area contributed by atoms with Crippen LogP contribution in [0, 0.1) is 0 Å². The molecule has 0 aliphatic carbocycles. The molecule has 2 heterocycles. The van der Waals surface area contributed by atoms with Gasteiger partial charge in [-0.25, -0.2) is 0 Å². The van der Waals surface area contributed by atoms with E-state index in [4.69, 9.17) is 4.74 Å². The Morgan fingerprint density at radius 3 is 2.38 bits per heavy atom. The maximum absolute atomic E-state index is 12.7. The van der Waals surface area contributed by atoms with Crippen molar-refractivity contribution in [1.29, 1.82) is 0 Å². The van der Waals surface area contributed by atoms with Gasteiger partial charge in [-0.15, -0.1) is 11.8 Å². The molecule has 0 N–H and O–H groups in total. The Kier molecular flexibility index (Phi) is 5.32. The van der Waals surface area contributed by atoms with Crippen LogP contribution in [0.4, 0.5) is 0 Å². The molecule has 6 heteroatoms. The SMILES string of the molecule is CC(C)=CC(=O)N1CSCC1C(=O)N1CC(C)OC(C)C1. The molecule has 3 unspecified atom stereocenters. The zero-order valence-electron chi connectivity index (χ0n) is 13.2. The van der Waals surface area contributed by atoms with Gasteiger partial charge in [0.1, 0.15) is 6.04 Å². The van der Waals surface area contributed by atoms with Gasteiger partial charge >= 0.3 is 0 Å². The van der Waals surface area contributed by atoms with Crippen LogP contribution in [0.3, 0.4) is 0 Å². The van der Waals surface area contributed by atoms with Gasteiger partial charge in [-0.1, -0.05) is 5.57 Å². The lowest BCUT2D eigenvalue weighted by Crippen LogP contribution is -2.55. The van der Waals surface area contributed by atoms with Gasteiger partial charge in [0.15, 0.2) is 0 Å². The van der Waals surface area contributed by atoms with Crippen LogP contribution in [0.2, 0.25) is 0 Å². The monoisotopic (exact) mass is 312 g/mol. The molecule has 2 saturated heterocycles. The van der Waals surface area contributed by atoms with Gasteiger partial charge < -0.3 is 14.5 Å². The molecular weight excluding hydrogens is 288 g/mol. The Hall–Kier alpha value is -1.01. The minimum atomic E-state index is -0.337. The van der Waals surface area contributed by atoms with Crippen molar-refractivity contribution in [2.45, 2.75) is 45.9 Å². The second-order valence-corrected chi connectivity index (χ2v) is 7.05. The van der Waals surface area contributed by atoms with Crippen molar-refractivity contribution in [3.05, 3.63) is 11.6 Å². The Labute approximate surface area is 130 Å². The van der Waals surface area contributed by atoms with E-state index in [0.29, 0.717) is 24.7 Å². The molecule has 2 rings (SSSR count). The van der Waals surface area contributed by atoms with Gasteiger partial charge in [-0.2, -0.15) is 0 Å². The van der Waals surface area contributed by atoms with Gasteiger partial charge in [-0.05, 0) is 27.7 Å². The van der Waals surface area contributed by atoms with Crippen molar-refractivity contribution in [3.8, 4) is 0 Å². The summed E-state index contributed by atoms with van der Waals surface area (Å²) in [5, 5.41) is 0. The van der Waals surface area contributed by atoms with E-state index in [1.165, 1.54) is 0 Å². The molecule has 2 aliphatic rings. The average Bonchev–Trinajstić information content (AvgIpc) is 2.84. The van der Waals surface area contributed by atoms with E-state index in [1.807, 2.05) is 32.6 Å². The molecule has 2 aliphatic heterocycles. The molecule has 0 saturated carbocycles. The molecule has 2 amide bonds. The van der Waals surface area contributed by atoms with Crippen LogP contribution < -0.4 is 0 Å². The van der Waals surface area contributed by atoms with Gasteiger partial charge in [0, 0.05) is 24.9 Å². The first-order valence-electron chi connectivity index (χ1n) is 7.36. The Balaban J connectivity index is 2.07. The van der Waals surface area contributed by atoms with Gasteiger partial charge in [0.25, 0.3) is 0 Å². The molecule has 0 aromatic heterocycles. The summed E-state index contributed by atoms with van der Waals surface area (Å²) in [6.45, 7) is 8.95. The van der Waals surface area contributed by atoms with E-state index in [2.05, 4.69) is 0 Å². The summed E-state index contributed by atoms with van der Waals surface area (Å²) in [4.78, 5) is 28.5. The molecule has 3 atom stereocenters. The summed E-state index contributed by atoms with van der Waals surface area (Å²) >= 11 is 1.64. The molecule has 5 nitrogen and oxygen atoms in total. The van der Waals surface area contributed by atoms with Crippen LogP contribution in [0.1, 0.15) is 27.7 Å². The van der Waals surface area contributed by atoms with Crippen LogP contribution >= 0.6 is 11.8 Å². The number of morpholine rings is 1. The van der Waals surface area contributed by atoms with Gasteiger partial charge in [0.05, 0.1) is 18.1 Å². The van der Waals surface area contributed by atoms with Crippen LogP contribution in [-0.4, -0.2) is 64.6 Å². The lowest BCUT2D eigenvalue weighted by atomic mass is 10.1. The normalized spacial score (nSPS) is 29.4. The largest absolute Gasteiger partial charge is 0.372 e. The number of thioether (sulfide) groups is 1. The average molecular weight is 312 g/mol. The minimum absolute atomic E-state index is 0.0497. The molecule has 2 fully saturated rings. The highest BCUT2D eigenvalue weighted by molar-refractivity contribution is 7.99. The molecule has 0 bridgehead atoms. The number of carbonyl (C=O) groups is 2. The third-order valence-corrected chi connectivity index (χ3v) is 4.61.